The van der Waals surface area contributed by atoms with Gasteiger partial charge in [0.2, 0.25) is 5.28 Å². The quantitative estimate of drug-likeness (QED) is 0.602. The van der Waals surface area contributed by atoms with Crippen LogP contribution < -0.4 is 4.74 Å². The minimum atomic E-state index is 0.0128. The maximum absolute atomic E-state index is 5.73. The minimum absolute atomic E-state index is 0.0128. The number of halogens is 3. The Labute approximate surface area is 91.0 Å². The fourth-order valence-corrected chi connectivity index (χ4v) is 1.45. The average Bonchev–Trinajstić information content (AvgIpc) is 2.02. The fraction of sp³-hybridized carbons (Fsp3) is 0.429. The first-order chi connectivity index (χ1) is 6.15. The summed E-state index contributed by atoms with van der Waals surface area (Å²) in [5.41, 5.74) is 0. The van der Waals surface area contributed by atoms with Gasteiger partial charge in [0.05, 0.1) is 6.61 Å². The second-order valence-corrected chi connectivity index (χ2v) is 3.31. The van der Waals surface area contributed by atoms with Gasteiger partial charge in [-0.15, -0.1) is 0 Å². The van der Waals surface area contributed by atoms with E-state index in [0.717, 1.165) is 6.42 Å². The van der Waals surface area contributed by atoms with Crippen LogP contribution in [0.1, 0.15) is 13.3 Å². The van der Waals surface area contributed by atoms with Gasteiger partial charge in [-0.25, -0.2) is 9.97 Å². The molecule has 0 radical (unpaired) electrons. The van der Waals surface area contributed by atoms with Crippen LogP contribution in [-0.2, 0) is 0 Å². The second-order valence-electron chi connectivity index (χ2n) is 2.25. The molecule has 0 saturated carbocycles. The zero-order valence-electron chi connectivity index (χ0n) is 6.85. The molecule has 0 spiro atoms. The lowest BCUT2D eigenvalue weighted by atomic mass is 10.5. The van der Waals surface area contributed by atoms with E-state index in [0.29, 0.717) is 6.61 Å². The molecule has 0 bridgehead atoms. The molecular weight excluding hydrogens is 234 g/mol. The van der Waals surface area contributed by atoms with Crippen LogP contribution in [0.15, 0.2) is 0 Å². The largest absolute Gasteiger partial charge is 0.487 e. The summed E-state index contributed by atoms with van der Waals surface area (Å²) in [6.07, 6.45) is 0.856. The van der Waals surface area contributed by atoms with E-state index in [1.807, 2.05) is 6.92 Å². The molecule has 0 unspecified atom stereocenters. The number of hydrogen-bond acceptors (Lipinski definition) is 3. The molecule has 0 aliphatic heterocycles. The Hall–Kier alpha value is -0.250. The van der Waals surface area contributed by atoms with Crippen molar-refractivity contribution in [1.82, 2.24) is 9.97 Å². The van der Waals surface area contributed by atoms with Crippen molar-refractivity contribution in [2.45, 2.75) is 13.3 Å². The highest BCUT2D eigenvalue weighted by molar-refractivity contribution is 6.37. The normalized spacial score (nSPS) is 10.2. The SMILES string of the molecule is CCCOc1c(Cl)nc(Cl)nc1Cl. The molecule has 0 aliphatic rings. The van der Waals surface area contributed by atoms with Crippen molar-refractivity contribution in [3.63, 3.8) is 0 Å². The lowest BCUT2D eigenvalue weighted by Gasteiger charge is -2.06. The molecule has 0 aliphatic carbocycles. The van der Waals surface area contributed by atoms with Gasteiger partial charge in [-0.1, -0.05) is 30.1 Å². The number of aromatic nitrogens is 2. The molecule has 3 nitrogen and oxygen atoms in total. The Morgan fingerprint density at radius 1 is 1.15 bits per heavy atom. The summed E-state index contributed by atoms with van der Waals surface area (Å²) >= 11 is 17.0. The molecule has 0 atom stereocenters. The highest BCUT2D eigenvalue weighted by atomic mass is 35.5. The molecule has 1 aromatic heterocycles. The summed E-state index contributed by atoms with van der Waals surface area (Å²) in [7, 11) is 0. The Morgan fingerprint density at radius 2 is 1.69 bits per heavy atom. The third-order valence-electron chi connectivity index (χ3n) is 1.21. The van der Waals surface area contributed by atoms with Gasteiger partial charge in [0.25, 0.3) is 0 Å². The first-order valence-corrected chi connectivity index (χ1v) is 4.80. The van der Waals surface area contributed by atoms with E-state index in [1.165, 1.54) is 0 Å². The van der Waals surface area contributed by atoms with Gasteiger partial charge in [-0.2, -0.15) is 0 Å². The standard InChI is InChI=1S/C7H7Cl3N2O/c1-2-3-13-4-5(8)11-7(10)12-6(4)9/h2-3H2,1H3. The van der Waals surface area contributed by atoms with Gasteiger partial charge < -0.3 is 4.74 Å². The summed E-state index contributed by atoms with van der Waals surface area (Å²) in [5, 5.41) is 0.288. The van der Waals surface area contributed by atoms with Gasteiger partial charge >= 0.3 is 0 Å². The first kappa shape index (κ1) is 10.8. The lowest BCUT2D eigenvalue weighted by Crippen LogP contribution is -1.99. The summed E-state index contributed by atoms with van der Waals surface area (Å²) in [5.74, 6) is 0.287. The van der Waals surface area contributed by atoms with Crippen LogP contribution in [0.3, 0.4) is 0 Å². The molecule has 0 saturated heterocycles. The zero-order chi connectivity index (χ0) is 9.84. The van der Waals surface area contributed by atoms with Crippen LogP contribution in [0.2, 0.25) is 15.6 Å². The van der Waals surface area contributed by atoms with Crippen LogP contribution in [0.4, 0.5) is 0 Å². The van der Waals surface area contributed by atoms with Crippen molar-refractivity contribution in [1.29, 1.82) is 0 Å². The van der Waals surface area contributed by atoms with Gasteiger partial charge in [-0.3, -0.25) is 0 Å². The van der Waals surface area contributed by atoms with E-state index in [-0.39, 0.29) is 21.3 Å². The van der Waals surface area contributed by atoms with E-state index in [2.05, 4.69) is 9.97 Å². The minimum Gasteiger partial charge on any atom is -0.487 e. The Bertz CT molecular complexity index is 283. The van der Waals surface area contributed by atoms with Crippen molar-refractivity contribution in [3.05, 3.63) is 15.6 Å². The molecule has 13 heavy (non-hydrogen) atoms. The van der Waals surface area contributed by atoms with Crippen LogP contribution in [0.5, 0.6) is 5.75 Å². The summed E-state index contributed by atoms with van der Waals surface area (Å²) in [4.78, 5) is 7.40. The van der Waals surface area contributed by atoms with E-state index < -0.39 is 0 Å². The van der Waals surface area contributed by atoms with E-state index in [4.69, 9.17) is 39.5 Å². The first-order valence-electron chi connectivity index (χ1n) is 3.66. The highest BCUT2D eigenvalue weighted by Crippen LogP contribution is 2.30. The molecule has 0 aromatic carbocycles. The molecule has 0 amide bonds. The third-order valence-corrected chi connectivity index (χ3v) is 1.89. The Morgan fingerprint density at radius 3 is 2.15 bits per heavy atom. The van der Waals surface area contributed by atoms with E-state index in [9.17, 15) is 0 Å². The molecule has 0 N–H and O–H groups in total. The van der Waals surface area contributed by atoms with Crippen LogP contribution in [0, 0.1) is 0 Å². The maximum atomic E-state index is 5.73. The molecule has 1 aromatic rings. The number of ether oxygens (including phenoxy) is 1. The van der Waals surface area contributed by atoms with Crippen molar-refractivity contribution in [2.24, 2.45) is 0 Å². The third kappa shape index (κ3) is 2.86. The van der Waals surface area contributed by atoms with Gasteiger partial charge in [0.15, 0.2) is 16.1 Å². The Kier molecular flexibility index (Phi) is 4.03. The number of hydrogen-bond donors (Lipinski definition) is 0. The van der Waals surface area contributed by atoms with Crippen LogP contribution in [-0.4, -0.2) is 16.6 Å². The molecule has 72 valence electrons. The average molecular weight is 242 g/mol. The second kappa shape index (κ2) is 4.84. The van der Waals surface area contributed by atoms with Crippen LogP contribution >= 0.6 is 34.8 Å². The van der Waals surface area contributed by atoms with Gasteiger partial charge in [-0.05, 0) is 18.0 Å². The predicted molar refractivity (Wildman–Crippen MR) is 52.8 cm³/mol. The number of nitrogens with zero attached hydrogens (tertiary/aromatic N) is 2. The maximum Gasteiger partial charge on any atom is 0.225 e. The van der Waals surface area contributed by atoms with Crippen molar-refractivity contribution >= 4 is 34.8 Å². The smallest absolute Gasteiger partial charge is 0.225 e. The summed E-state index contributed by atoms with van der Waals surface area (Å²) in [6, 6.07) is 0. The van der Waals surface area contributed by atoms with E-state index >= 15 is 0 Å². The van der Waals surface area contributed by atoms with Gasteiger partial charge in [0, 0.05) is 0 Å². The summed E-state index contributed by atoms with van der Waals surface area (Å²) in [6.45, 7) is 2.49. The number of rotatable bonds is 3. The zero-order valence-corrected chi connectivity index (χ0v) is 9.12. The molecule has 1 heterocycles. The Balaban J connectivity index is 2.92. The molecule has 6 heteroatoms. The fourth-order valence-electron chi connectivity index (χ4n) is 0.697. The predicted octanol–water partition coefficient (Wildman–Crippen LogP) is 3.23. The van der Waals surface area contributed by atoms with Gasteiger partial charge in [0.1, 0.15) is 0 Å². The summed E-state index contributed by atoms with van der Waals surface area (Å²) < 4.78 is 5.22. The highest BCUT2D eigenvalue weighted by Gasteiger charge is 2.11. The van der Waals surface area contributed by atoms with Crippen molar-refractivity contribution in [3.8, 4) is 5.75 Å². The lowest BCUT2D eigenvalue weighted by molar-refractivity contribution is 0.315. The molecular formula is C7H7Cl3N2O. The van der Waals surface area contributed by atoms with Crippen molar-refractivity contribution in [2.75, 3.05) is 6.61 Å². The van der Waals surface area contributed by atoms with Crippen molar-refractivity contribution < 1.29 is 4.74 Å². The van der Waals surface area contributed by atoms with E-state index in [1.54, 1.807) is 0 Å². The molecule has 1 rings (SSSR count). The topological polar surface area (TPSA) is 35.0 Å². The van der Waals surface area contributed by atoms with Crippen LogP contribution in [0.25, 0.3) is 0 Å². The molecule has 0 fully saturated rings. The monoisotopic (exact) mass is 240 g/mol.